The van der Waals surface area contributed by atoms with Gasteiger partial charge in [0.2, 0.25) is 11.8 Å². The molecule has 0 aliphatic heterocycles. The SMILES string of the molecule is Cc1cc(OCC#N)nc(Nc2cccc(F)c2)n1. The van der Waals surface area contributed by atoms with E-state index in [9.17, 15) is 4.39 Å². The normalized spacial score (nSPS) is 9.74. The van der Waals surface area contributed by atoms with Crippen LogP contribution in [0.15, 0.2) is 30.3 Å². The Kier molecular flexibility index (Phi) is 3.88. The maximum atomic E-state index is 13.1. The van der Waals surface area contributed by atoms with E-state index in [1.165, 1.54) is 12.1 Å². The number of benzene rings is 1. The predicted octanol–water partition coefficient (Wildman–Crippen LogP) is 2.57. The van der Waals surface area contributed by atoms with Crippen molar-refractivity contribution < 1.29 is 9.13 Å². The van der Waals surface area contributed by atoms with Gasteiger partial charge in [-0.25, -0.2) is 9.37 Å². The molecule has 6 heteroatoms. The number of hydrogen-bond acceptors (Lipinski definition) is 5. The summed E-state index contributed by atoms with van der Waals surface area (Å²) in [5.41, 5.74) is 1.22. The van der Waals surface area contributed by atoms with Crippen LogP contribution in [0.1, 0.15) is 5.69 Å². The van der Waals surface area contributed by atoms with Gasteiger partial charge in [-0.05, 0) is 25.1 Å². The molecular weight excluding hydrogens is 247 g/mol. The van der Waals surface area contributed by atoms with Gasteiger partial charge >= 0.3 is 0 Å². The second-order valence-corrected chi connectivity index (χ2v) is 3.75. The molecule has 0 radical (unpaired) electrons. The first kappa shape index (κ1) is 12.8. The topological polar surface area (TPSA) is 70.8 Å². The van der Waals surface area contributed by atoms with E-state index in [0.29, 0.717) is 23.2 Å². The Bertz CT molecular complexity index is 624. The van der Waals surface area contributed by atoms with E-state index in [0.717, 1.165) is 0 Å². The number of rotatable bonds is 4. The van der Waals surface area contributed by atoms with E-state index in [1.807, 2.05) is 6.07 Å². The van der Waals surface area contributed by atoms with Crippen LogP contribution in [-0.2, 0) is 0 Å². The molecule has 0 amide bonds. The summed E-state index contributed by atoms with van der Waals surface area (Å²) < 4.78 is 18.2. The van der Waals surface area contributed by atoms with Gasteiger partial charge in [-0.2, -0.15) is 10.2 Å². The summed E-state index contributed by atoms with van der Waals surface area (Å²) in [6.07, 6.45) is 0. The van der Waals surface area contributed by atoms with Gasteiger partial charge < -0.3 is 10.1 Å². The molecule has 2 rings (SSSR count). The van der Waals surface area contributed by atoms with Crippen LogP contribution in [0.2, 0.25) is 0 Å². The lowest BCUT2D eigenvalue weighted by Gasteiger charge is -2.07. The van der Waals surface area contributed by atoms with Crippen molar-refractivity contribution in [1.29, 1.82) is 5.26 Å². The average Bonchev–Trinajstić information content (AvgIpc) is 2.35. The van der Waals surface area contributed by atoms with Crippen molar-refractivity contribution >= 4 is 11.6 Å². The van der Waals surface area contributed by atoms with Crippen LogP contribution >= 0.6 is 0 Å². The minimum Gasteiger partial charge on any atom is -0.462 e. The number of aryl methyl sites for hydroxylation is 1. The number of anilines is 2. The number of hydrogen-bond donors (Lipinski definition) is 1. The summed E-state index contributed by atoms with van der Waals surface area (Å²) in [6.45, 7) is 1.69. The lowest BCUT2D eigenvalue weighted by molar-refractivity contribution is 0.353. The molecule has 0 unspecified atom stereocenters. The number of nitriles is 1. The fraction of sp³-hybridized carbons (Fsp3) is 0.154. The lowest BCUT2D eigenvalue weighted by atomic mass is 10.3. The second kappa shape index (κ2) is 5.78. The van der Waals surface area contributed by atoms with Gasteiger partial charge in [0, 0.05) is 17.4 Å². The van der Waals surface area contributed by atoms with Crippen molar-refractivity contribution in [1.82, 2.24) is 9.97 Å². The molecule has 2 aromatic rings. The highest BCUT2D eigenvalue weighted by Crippen LogP contribution is 2.17. The van der Waals surface area contributed by atoms with E-state index in [-0.39, 0.29) is 12.4 Å². The zero-order chi connectivity index (χ0) is 13.7. The van der Waals surface area contributed by atoms with Crippen LogP contribution in [-0.4, -0.2) is 16.6 Å². The van der Waals surface area contributed by atoms with Crippen LogP contribution in [0.4, 0.5) is 16.0 Å². The fourth-order valence-electron chi connectivity index (χ4n) is 1.47. The van der Waals surface area contributed by atoms with Gasteiger partial charge in [0.1, 0.15) is 11.9 Å². The van der Waals surface area contributed by atoms with Crippen LogP contribution in [0.25, 0.3) is 0 Å². The molecule has 0 aliphatic rings. The molecule has 1 heterocycles. The molecule has 1 aromatic heterocycles. The van der Waals surface area contributed by atoms with E-state index in [2.05, 4.69) is 15.3 Å². The molecule has 0 atom stereocenters. The van der Waals surface area contributed by atoms with E-state index in [1.54, 1.807) is 25.1 Å². The van der Waals surface area contributed by atoms with Crippen LogP contribution < -0.4 is 10.1 Å². The highest BCUT2D eigenvalue weighted by atomic mass is 19.1. The number of ether oxygens (including phenoxy) is 1. The molecule has 0 aliphatic carbocycles. The first-order valence-corrected chi connectivity index (χ1v) is 5.55. The van der Waals surface area contributed by atoms with Crippen LogP contribution in [0.5, 0.6) is 5.88 Å². The third-order valence-electron chi connectivity index (χ3n) is 2.20. The summed E-state index contributed by atoms with van der Waals surface area (Å²) in [4.78, 5) is 8.24. The standard InChI is InChI=1S/C13H11FN4O/c1-9-7-12(19-6-5-15)18-13(16-9)17-11-4-2-3-10(14)8-11/h2-4,7-8H,6H2,1H3,(H,16,17,18). The third-order valence-corrected chi connectivity index (χ3v) is 2.20. The summed E-state index contributed by atoms with van der Waals surface area (Å²) in [5.74, 6) is 0.241. The Morgan fingerprint density at radius 2 is 2.21 bits per heavy atom. The van der Waals surface area contributed by atoms with Gasteiger partial charge in [0.05, 0.1) is 0 Å². The van der Waals surface area contributed by atoms with Crippen molar-refractivity contribution in [3.8, 4) is 11.9 Å². The van der Waals surface area contributed by atoms with E-state index >= 15 is 0 Å². The minimum absolute atomic E-state index is 0.0874. The highest BCUT2D eigenvalue weighted by Gasteiger charge is 2.04. The molecule has 19 heavy (non-hydrogen) atoms. The molecule has 0 saturated heterocycles. The number of nitrogens with zero attached hydrogens (tertiary/aromatic N) is 3. The molecule has 0 spiro atoms. The molecule has 0 bridgehead atoms. The zero-order valence-electron chi connectivity index (χ0n) is 10.2. The Morgan fingerprint density at radius 3 is 2.95 bits per heavy atom. The zero-order valence-corrected chi connectivity index (χ0v) is 10.2. The summed E-state index contributed by atoms with van der Waals surface area (Å²) >= 11 is 0. The van der Waals surface area contributed by atoms with E-state index < -0.39 is 0 Å². The van der Waals surface area contributed by atoms with Gasteiger partial charge in [-0.3, -0.25) is 0 Å². The smallest absolute Gasteiger partial charge is 0.230 e. The van der Waals surface area contributed by atoms with Crippen molar-refractivity contribution in [3.05, 3.63) is 41.8 Å². The highest BCUT2D eigenvalue weighted by molar-refractivity contribution is 5.53. The largest absolute Gasteiger partial charge is 0.462 e. The average molecular weight is 258 g/mol. The molecule has 1 aromatic carbocycles. The van der Waals surface area contributed by atoms with Gasteiger partial charge in [0.25, 0.3) is 0 Å². The first-order valence-electron chi connectivity index (χ1n) is 5.55. The Balaban J connectivity index is 2.20. The summed E-state index contributed by atoms with van der Waals surface area (Å²) in [7, 11) is 0. The Hall–Kier alpha value is -2.68. The molecule has 1 N–H and O–H groups in total. The Labute approximate surface area is 109 Å². The van der Waals surface area contributed by atoms with Crippen LogP contribution in [0, 0.1) is 24.1 Å². The number of aromatic nitrogens is 2. The van der Waals surface area contributed by atoms with Crippen molar-refractivity contribution in [2.45, 2.75) is 6.92 Å². The predicted molar refractivity (Wildman–Crippen MR) is 67.6 cm³/mol. The number of nitrogens with one attached hydrogen (secondary N) is 1. The quantitative estimate of drug-likeness (QED) is 0.912. The lowest BCUT2D eigenvalue weighted by Crippen LogP contribution is -2.03. The molecule has 0 fully saturated rings. The van der Waals surface area contributed by atoms with Crippen molar-refractivity contribution in [2.75, 3.05) is 11.9 Å². The van der Waals surface area contributed by atoms with Crippen molar-refractivity contribution in [2.24, 2.45) is 0 Å². The van der Waals surface area contributed by atoms with Crippen molar-refractivity contribution in [3.63, 3.8) is 0 Å². The monoisotopic (exact) mass is 258 g/mol. The Morgan fingerprint density at radius 1 is 1.37 bits per heavy atom. The van der Waals surface area contributed by atoms with Crippen LogP contribution in [0.3, 0.4) is 0 Å². The maximum absolute atomic E-state index is 13.1. The van der Waals surface area contributed by atoms with Gasteiger partial charge in [-0.1, -0.05) is 6.07 Å². The first-order chi connectivity index (χ1) is 9.17. The van der Waals surface area contributed by atoms with E-state index in [4.69, 9.17) is 10.00 Å². The van der Waals surface area contributed by atoms with Gasteiger partial charge in [-0.15, -0.1) is 0 Å². The molecule has 96 valence electrons. The van der Waals surface area contributed by atoms with Gasteiger partial charge in [0.15, 0.2) is 6.61 Å². The minimum atomic E-state index is -0.349. The molecule has 0 saturated carbocycles. The second-order valence-electron chi connectivity index (χ2n) is 3.75. The number of halogens is 1. The molecular formula is C13H11FN4O. The summed E-state index contributed by atoms with van der Waals surface area (Å²) in [6, 6.07) is 9.45. The third kappa shape index (κ3) is 3.64. The fourth-order valence-corrected chi connectivity index (χ4v) is 1.47. The maximum Gasteiger partial charge on any atom is 0.230 e. The molecule has 5 nitrogen and oxygen atoms in total. The summed E-state index contributed by atoms with van der Waals surface area (Å²) in [5, 5.41) is 11.3.